The molecule has 118 valence electrons. The first kappa shape index (κ1) is 16.0. The molecule has 0 aliphatic heterocycles. The van der Waals surface area contributed by atoms with Crippen LogP contribution in [-0.4, -0.2) is 20.7 Å². The van der Waals surface area contributed by atoms with Gasteiger partial charge in [-0.2, -0.15) is 5.10 Å². The Balaban J connectivity index is 2.27. The highest BCUT2D eigenvalue weighted by Crippen LogP contribution is 2.16. The Hall–Kier alpha value is -2.41. The van der Waals surface area contributed by atoms with Crippen LogP contribution in [0.2, 0.25) is 0 Å². The van der Waals surface area contributed by atoms with Gasteiger partial charge < -0.3 is 16.0 Å². The number of carbonyl (C=O) groups is 1. The van der Waals surface area contributed by atoms with Crippen molar-refractivity contribution < 1.29 is 4.79 Å². The Labute approximate surface area is 128 Å². The van der Waals surface area contributed by atoms with E-state index >= 15 is 0 Å². The topological polar surface area (TPSA) is 106 Å². The molecule has 0 aromatic carbocycles. The SMILES string of the molecule is CCC(C)c1ccc(C(=O)Nc2c(CN)cnn2C)c(=O)[nH]1. The van der Waals surface area contributed by atoms with Gasteiger partial charge in [0.2, 0.25) is 0 Å². The van der Waals surface area contributed by atoms with Gasteiger partial charge in [0.15, 0.2) is 0 Å². The molecule has 0 aliphatic rings. The number of hydrogen-bond donors (Lipinski definition) is 3. The van der Waals surface area contributed by atoms with E-state index in [9.17, 15) is 9.59 Å². The summed E-state index contributed by atoms with van der Waals surface area (Å²) in [4.78, 5) is 27.2. The molecule has 2 heterocycles. The van der Waals surface area contributed by atoms with E-state index in [0.29, 0.717) is 11.4 Å². The molecule has 0 saturated heterocycles. The maximum absolute atomic E-state index is 12.3. The maximum Gasteiger partial charge on any atom is 0.262 e. The van der Waals surface area contributed by atoms with E-state index in [1.54, 1.807) is 25.4 Å². The molecule has 1 unspecified atom stereocenters. The van der Waals surface area contributed by atoms with Crippen LogP contribution in [0.1, 0.15) is 47.8 Å². The molecule has 7 nitrogen and oxygen atoms in total. The van der Waals surface area contributed by atoms with Crippen LogP contribution in [0.5, 0.6) is 0 Å². The highest BCUT2D eigenvalue weighted by atomic mass is 16.2. The Morgan fingerprint density at radius 3 is 2.82 bits per heavy atom. The van der Waals surface area contributed by atoms with Crippen molar-refractivity contribution in [3.63, 3.8) is 0 Å². The van der Waals surface area contributed by atoms with E-state index in [1.165, 1.54) is 4.68 Å². The lowest BCUT2D eigenvalue weighted by molar-refractivity contribution is 0.102. The third-order valence-corrected chi connectivity index (χ3v) is 3.79. The summed E-state index contributed by atoms with van der Waals surface area (Å²) in [6.45, 7) is 4.32. The van der Waals surface area contributed by atoms with Crippen LogP contribution in [-0.2, 0) is 13.6 Å². The first-order valence-corrected chi connectivity index (χ1v) is 7.23. The molecule has 2 rings (SSSR count). The number of nitrogens with zero attached hydrogens (tertiary/aromatic N) is 2. The number of pyridine rings is 1. The summed E-state index contributed by atoms with van der Waals surface area (Å²) < 4.78 is 1.52. The average molecular weight is 303 g/mol. The van der Waals surface area contributed by atoms with Gasteiger partial charge in [0.25, 0.3) is 11.5 Å². The third-order valence-electron chi connectivity index (χ3n) is 3.79. The molecular weight excluding hydrogens is 282 g/mol. The molecule has 7 heteroatoms. The Morgan fingerprint density at radius 1 is 1.50 bits per heavy atom. The molecule has 2 aromatic rings. The van der Waals surface area contributed by atoms with Gasteiger partial charge >= 0.3 is 0 Å². The summed E-state index contributed by atoms with van der Waals surface area (Å²) in [5.74, 6) is 0.263. The summed E-state index contributed by atoms with van der Waals surface area (Å²) in [5.41, 5.74) is 6.81. The molecule has 0 bridgehead atoms. The van der Waals surface area contributed by atoms with E-state index in [2.05, 4.69) is 15.4 Å². The van der Waals surface area contributed by atoms with E-state index < -0.39 is 11.5 Å². The van der Waals surface area contributed by atoms with Crippen molar-refractivity contribution in [2.24, 2.45) is 12.8 Å². The van der Waals surface area contributed by atoms with Crippen molar-refractivity contribution in [1.82, 2.24) is 14.8 Å². The first-order valence-electron chi connectivity index (χ1n) is 7.23. The van der Waals surface area contributed by atoms with Crippen LogP contribution < -0.4 is 16.6 Å². The number of H-pyrrole nitrogens is 1. The minimum absolute atomic E-state index is 0.0659. The van der Waals surface area contributed by atoms with Crippen LogP contribution in [0.25, 0.3) is 0 Å². The summed E-state index contributed by atoms with van der Waals surface area (Å²) in [6.07, 6.45) is 2.50. The quantitative estimate of drug-likeness (QED) is 0.774. The number of carbonyl (C=O) groups excluding carboxylic acids is 1. The molecule has 0 aliphatic carbocycles. The monoisotopic (exact) mass is 303 g/mol. The summed E-state index contributed by atoms with van der Waals surface area (Å²) in [7, 11) is 1.70. The molecule has 2 aromatic heterocycles. The number of rotatable bonds is 5. The van der Waals surface area contributed by atoms with Crippen LogP contribution in [0.3, 0.4) is 0 Å². The molecule has 0 saturated carbocycles. The second kappa shape index (κ2) is 6.57. The number of aromatic amines is 1. The predicted octanol–water partition coefficient (Wildman–Crippen LogP) is 1.33. The average Bonchev–Trinajstić information content (AvgIpc) is 2.86. The van der Waals surface area contributed by atoms with Crippen molar-refractivity contribution in [3.8, 4) is 0 Å². The Kier molecular flexibility index (Phi) is 4.77. The normalized spacial score (nSPS) is 12.2. The lowest BCUT2D eigenvalue weighted by Crippen LogP contribution is -2.25. The molecule has 0 radical (unpaired) electrons. The van der Waals surface area contributed by atoms with Crippen LogP contribution >= 0.6 is 0 Å². The predicted molar refractivity (Wildman–Crippen MR) is 84.8 cm³/mol. The van der Waals surface area contributed by atoms with Gasteiger partial charge in [-0.05, 0) is 24.5 Å². The molecule has 22 heavy (non-hydrogen) atoms. The number of anilines is 1. The highest BCUT2D eigenvalue weighted by Gasteiger charge is 2.16. The standard InChI is InChI=1S/C15H21N5O2/c1-4-9(2)12-6-5-11(14(21)18-12)15(22)19-13-10(7-16)8-17-20(13)3/h5-6,8-9H,4,7,16H2,1-3H3,(H,18,21)(H,19,22). The number of amides is 1. The van der Waals surface area contributed by atoms with Crippen LogP contribution in [0.15, 0.2) is 23.1 Å². The first-order chi connectivity index (χ1) is 10.5. The number of nitrogens with two attached hydrogens (primary N) is 1. The number of nitrogens with one attached hydrogen (secondary N) is 2. The van der Waals surface area contributed by atoms with Crippen LogP contribution in [0.4, 0.5) is 5.82 Å². The number of aromatic nitrogens is 3. The van der Waals surface area contributed by atoms with E-state index in [4.69, 9.17) is 5.73 Å². The summed E-state index contributed by atoms with van der Waals surface area (Å²) >= 11 is 0. The van der Waals surface area contributed by atoms with Gasteiger partial charge in [-0.1, -0.05) is 13.8 Å². The zero-order valence-corrected chi connectivity index (χ0v) is 13.0. The van der Waals surface area contributed by atoms with Crippen molar-refractivity contribution in [1.29, 1.82) is 0 Å². The fourth-order valence-electron chi connectivity index (χ4n) is 2.14. The van der Waals surface area contributed by atoms with Crippen molar-refractivity contribution in [2.45, 2.75) is 32.7 Å². The maximum atomic E-state index is 12.3. The summed E-state index contributed by atoms with van der Waals surface area (Å²) in [5, 5.41) is 6.73. The lowest BCUT2D eigenvalue weighted by Gasteiger charge is -2.10. The van der Waals surface area contributed by atoms with Gasteiger partial charge in [-0.25, -0.2) is 0 Å². The minimum atomic E-state index is -0.477. The van der Waals surface area contributed by atoms with Crippen molar-refractivity contribution in [3.05, 3.63) is 45.5 Å². The second-order valence-electron chi connectivity index (χ2n) is 5.27. The third kappa shape index (κ3) is 3.09. The fraction of sp³-hybridized carbons (Fsp3) is 0.400. The largest absolute Gasteiger partial charge is 0.326 e. The Morgan fingerprint density at radius 2 is 2.23 bits per heavy atom. The zero-order valence-electron chi connectivity index (χ0n) is 13.0. The number of aryl methyl sites for hydroxylation is 1. The highest BCUT2D eigenvalue weighted by molar-refractivity contribution is 6.03. The fourth-order valence-corrected chi connectivity index (χ4v) is 2.14. The second-order valence-corrected chi connectivity index (χ2v) is 5.27. The van der Waals surface area contributed by atoms with Crippen molar-refractivity contribution >= 4 is 11.7 Å². The molecule has 1 amide bonds. The van der Waals surface area contributed by atoms with Gasteiger partial charge in [0.1, 0.15) is 11.4 Å². The molecule has 0 spiro atoms. The van der Waals surface area contributed by atoms with Crippen molar-refractivity contribution in [2.75, 3.05) is 5.32 Å². The zero-order chi connectivity index (χ0) is 16.3. The van der Waals surface area contributed by atoms with Crippen LogP contribution in [0, 0.1) is 0 Å². The molecule has 4 N–H and O–H groups in total. The minimum Gasteiger partial charge on any atom is -0.326 e. The van der Waals surface area contributed by atoms with E-state index in [1.807, 2.05) is 13.8 Å². The van der Waals surface area contributed by atoms with Gasteiger partial charge in [-0.3, -0.25) is 14.3 Å². The lowest BCUT2D eigenvalue weighted by atomic mass is 10.0. The van der Waals surface area contributed by atoms with Gasteiger partial charge in [0, 0.05) is 24.8 Å². The van der Waals surface area contributed by atoms with E-state index in [0.717, 1.165) is 12.1 Å². The van der Waals surface area contributed by atoms with Gasteiger partial charge in [-0.15, -0.1) is 0 Å². The van der Waals surface area contributed by atoms with Gasteiger partial charge in [0.05, 0.1) is 6.20 Å². The summed E-state index contributed by atoms with van der Waals surface area (Å²) in [6, 6.07) is 3.33. The molecule has 0 fully saturated rings. The Bertz CT molecular complexity index is 732. The molecule has 1 atom stereocenters. The smallest absolute Gasteiger partial charge is 0.262 e. The number of hydrogen-bond acceptors (Lipinski definition) is 4. The molecular formula is C15H21N5O2. The van der Waals surface area contributed by atoms with E-state index in [-0.39, 0.29) is 18.0 Å².